The van der Waals surface area contributed by atoms with E-state index in [1.807, 2.05) is 24.3 Å². The molecule has 0 N–H and O–H groups in total. The van der Waals surface area contributed by atoms with Gasteiger partial charge in [0, 0.05) is 30.4 Å². The zero-order valence-corrected chi connectivity index (χ0v) is 14.9. The highest BCUT2D eigenvalue weighted by Gasteiger charge is 2.28. The largest absolute Gasteiger partial charge is 0.497 e. The summed E-state index contributed by atoms with van der Waals surface area (Å²) in [5, 5.41) is 8.76. The first-order chi connectivity index (χ1) is 11.8. The molecule has 6 heteroatoms. The summed E-state index contributed by atoms with van der Waals surface area (Å²) in [5.41, 5.74) is 2.02. The summed E-state index contributed by atoms with van der Waals surface area (Å²) >= 11 is 2.10. The van der Waals surface area contributed by atoms with Crippen molar-refractivity contribution in [2.45, 2.75) is 31.3 Å². The third-order valence-electron chi connectivity index (χ3n) is 5.19. The van der Waals surface area contributed by atoms with Crippen LogP contribution in [0, 0.1) is 0 Å². The Morgan fingerprint density at radius 2 is 1.88 bits per heavy atom. The first kappa shape index (κ1) is 16.0. The number of likely N-dealkylation sites (tertiary alicyclic amines) is 1. The van der Waals surface area contributed by atoms with Crippen molar-refractivity contribution in [3.63, 3.8) is 0 Å². The molecule has 1 aromatic heterocycles. The number of rotatable bonds is 4. The molecule has 4 rings (SSSR count). The van der Waals surface area contributed by atoms with E-state index in [0.717, 1.165) is 23.0 Å². The van der Waals surface area contributed by atoms with Gasteiger partial charge >= 0.3 is 0 Å². The second-order valence-electron chi connectivity index (χ2n) is 6.60. The molecule has 24 heavy (non-hydrogen) atoms. The quantitative estimate of drug-likeness (QED) is 0.853. The third kappa shape index (κ3) is 3.30. The molecular formula is C18H24N4OS. The van der Waals surface area contributed by atoms with Crippen molar-refractivity contribution < 1.29 is 4.74 Å². The van der Waals surface area contributed by atoms with Gasteiger partial charge in [-0.25, -0.2) is 4.68 Å². The van der Waals surface area contributed by atoms with Crippen LogP contribution < -0.4 is 4.74 Å². The maximum atomic E-state index is 5.21. The van der Waals surface area contributed by atoms with Gasteiger partial charge in [0.1, 0.15) is 11.4 Å². The predicted molar refractivity (Wildman–Crippen MR) is 97.6 cm³/mol. The maximum Gasteiger partial charge on any atom is 0.118 e. The SMILES string of the molecule is COc1ccc(-c2cn(C3CCN([C@@H]4CCSC4)CC3)nn2)cc1. The summed E-state index contributed by atoms with van der Waals surface area (Å²) in [4.78, 5) is 2.68. The number of ether oxygens (including phenoxy) is 1. The van der Waals surface area contributed by atoms with E-state index in [9.17, 15) is 0 Å². The maximum absolute atomic E-state index is 5.21. The van der Waals surface area contributed by atoms with Crippen LogP contribution in [0.5, 0.6) is 5.75 Å². The molecule has 128 valence electrons. The predicted octanol–water partition coefficient (Wildman–Crippen LogP) is 3.10. The molecule has 1 aromatic carbocycles. The van der Waals surface area contributed by atoms with Gasteiger partial charge in [0.2, 0.25) is 0 Å². The summed E-state index contributed by atoms with van der Waals surface area (Å²) < 4.78 is 7.28. The van der Waals surface area contributed by atoms with Crippen LogP contribution in [0.15, 0.2) is 30.5 Å². The highest BCUT2D eigenvalue weighted by Crippen LogP contribution is 2.29. The minimum atomic E-state index is 0.481. The van der Waals surface area contributed by atoms with Gasteiger partial charge in [0.15, 0.2) is 0 Å². The van der Waals surface area contributed by atoms with Crippen molar-refractivity contribution in [2.75, 3.05) is 31.7 Å². The van der Waals surface area contributed by atoms with Gasteiger partial charge in [0.25, 0.3) is 0 Å². The lowest BCUT2D eigenvalue weighted by molar-refractivity contribution is 0.141. The zero-order chi connectivity index (χ0) is 16.4. The number of hydrogen-bond donors (Lipinski definition) is 0. The molecule has 0 bridgehead atoms. The molecule has 0 saturated carbocycles. The van der Waals surface area contributed by atoms with Crippen LogP contribution in [0.25, 0.3) is 11.3 Å². The van der Waals surface area contributed by atoms with Crippen LogP contribution in [-0.2, 0) is 0 Å². The van der Waals surface area contributed by atoms with E-state index in [4.69, 9.17) is 4.74 Å². The molecule has 0 spiro atoms. The van der Waals surface area contributed by atoms with Gasteiger partial charge in [-0.1, -0.05) is 5.21 Å². The molecule has 0 aliphatic carbocycles. The van der Waals surface area contributed by atoms with E-state index >= 15 is 0 Å². The van der Waals surface area contributed by atoms with E-state index in [2.05, 4.69) is 37.9 Å². The monoisotopic (exact) mass is 344 g/mol. The van der Waals surface area contributed by atoms with Gasteiger partial charge in [0.05, 0.1) is 19.3 Å². The Kier molecular flexibility index (Phi) is 4.76. The second kappa shape index (κ2) is 7.15. The first-order valence-corrected chi connectivity index (χ1v) is 9.87. The Hall–Kier alpha value is -1.53. The fraction of sp³-hybridized carbons (Fsp3) is 0.556. The summed E-state index contributed by atoms with van der Waals surface area (Å²) in [6.07, 6.45) is 5.80. The Morgan fingerprint density at radius 3 is 2.54 bits per heavy atom. The molecule has 2 aliphatic heterocycles. The van der Waals surface area contributed by atoms with Gasteiger partial charge < -0.3 is 4.74 Å². The smallest absolute Gasteiger partial charge is 0.118 e. The zero-order valence-electron chi connectivity index (χ0n) is 14.1. The van der Waals surface area contributed by atoms with Gasteiger partial charge in [-0.05, 0) is 49.3 Å². The minimum Gasteiger partial charge on any atom is -0.497 e. The minimum absolute atomic E-state index is 0.481. The molecule has 3 heterocycles. The molecule has 0 radical (unpaired) electrons. The number of aromatic nitrogens is 3. The third-order valence-corrected chi connectivity index (χ3v) is 6.34. The molecule has 5 nitrogen and oxygen atoms in total. The Bertz CT molecular complexity index is 658. The van der Waals surface area contributed by atoms with E-state index < -0.39 is 0 Å². The van der Waals surface area contributed by atoms with Gasteiger partial charge in [-0.15, -0.1) is 5.10 Å². The van der Waals surface area contributed by atoms with Crippen molar-refractivity contribution in [1.29, 1.82) is 0 Å². The van der Waals surface area contributed by atoms with Gasteiger partial charge in [-0.3, -0.25) is 4.90 Å². The summed E-state index contributed by atoms with van der Waals surface area (Å²) in [6, 6.07) is 9.29. The highest BCUT2D eigenvalue weighted by atomic mass is 32.2. The topological polar surface area (TPSA) is 43.2 Å². The number of methoxy groups -OCH3 is 1. The molecule has 2 aliphatic rings. The van der Waals surface area contributed by atoms with Crippen LogP contribution in [0.4, 0.5) is 0 Å². The van der Waals surface area contributed by atoms with E-state index in [0.29, 0.717) is 6.04 Å². The molecule has 2 aromatic rings. The average Bonchev–Trinajstić information content (AvgIpc) is 3.34. The number of piperidine rings is 1. The number of nitrogens with zero attached hydrogens (tertiary/aromatic N) is 4. The number of thioether (sulfide) groups is 1. The van der Waals surface area contributed by atoms with Crippen LogP contribution in [0.1, 0.15) is 25.3 Å². The lowest BCUT2D eigenvalue weighted by Crippen LogP contribution is -2.42. The molecule has 2 saturated heterocycles. The van der Waals surface area contributed by atoms with Crippen molar-refractivity contribution in [1.82, 2.24) is 19.9 Å². The summed E-state index contributed by atoms with van der Waals surface area (Å²) in [6.45, 7) is 2.38. The first-order valence-electron chi connectivity index (χ1n) is 8.71. The van der Waals surface area contributed by atoms with Crippen molar-refractivity contribution >= 4 is 11.8 Å². The van der Waals surface area contributed by atoms with Crippen LogP contribution in [0.2, 0.25) is 0 Å². The molecule has 0 unspecified atom stereocenters. The highest BCUT2D eigenvalue weighted by molar-refractivity contribution is 7.99. The van der Waals surface area contributed by atoms with Crippen molar-refractivity contribution in [3.05, 3.63) is 30.5 Å². The van der Waals surface area contributed by atoms with Crippen LogP contribution in [-0.4, -0.2) is 57.6 Å². The molecule has 0 amide bonds. The fourth-order valence-corrected chi connectivity index (χ4v) is 4.93. The normalized spacial score (nSPS) is 22.8. The Morgan fingerprint density at radius 1 is 1.08 bits per heavy atom. The van der Waals surface area contributed by atoms with E-state index in [-0.39, 0.29) is 0 Å². The lowest BCUT2D eigenvalue weighted by Gasteiger charge is -2.35. The lowest BCUT2D eigenvalue weighted by atomic mass is 10.0. The average molecular weight is 344 g/mol. The van der Waals surface area contributed by atoms with Gasteiger partial charge in [-0.2, -0.15) is 11.8 Å². The van der Waals surface area contributed by atoms with Crippen LogP contribution in [0.3, 0.4) is 0 Å². The van der Waals surface area contributed by atoms with Crippen LogP contribution >= 0.6 is 11.8 Å². The summed E-state index contributed by atoms with van der Waals surface area (Å²) in [7, 11) is 1.68. The van der Waals surface area contributed by atoms with Crippen molar-refractivity contribution in [3.8, 4) is 17.0 Å². The number of hydrogen-bond acceptors (Lipinski definition) is 5. The standard InChI is InChI=1S/C18H24N4OS/c1-23-17-4-2-14(3-5-17)18-12-22(20-19-18)15-6-9-21(10-7-15)16-8-11-24-13-16/h2-5,12,15-16H,6-11,13H2,1H3/t16-/m1/s1. The summed E-state index contributed by atoms with van der Waals surface area (Å²) in [5.74, 6) is 3.51. The molecule has 1 atom stereocenters. The fourth-order valence-electron chi connectivity index (χ4n) is 3.67. The number of benzene rings is 1. The van der Waals surface area contributed by atoms with Crippen molar-refractivity contribution in [2.24, 2.45) is 0 Å². The molecular weight excluding hydrogens is 320 g/mol. The Balaban J connectivity index is 1.39. The molecule has 2 fully saturated rings. The van der Waals surface area contributed by atoms with E-state index in [1.54, 1.807) is 7.11 Å². The Labute approximate surface area is 147 Å². The second-order valence-corrected chi connectivity index (χ2v) is 7.75. The van der Waals surface area contributed by atoms with E-state index in [1.165, 1.54) is 43.9 Å².